The maximum absolute atomic E-state index is 12.1. The summed E-state index contributed by atoms with van der Waals surface area (Å²) < 4.78 is 33.8. The highest BCUT2D eigenvalue weighted by Gasteiger charge is 2.11. The van der Waals surface area contributed by atoms with Gasteiger partial charge in [-0.2, -0.15) is 8.78 Å². The fourth-order valence-electron chi connectivity index (χ4n) is 1.91. The van der Waals surface area contributed by atoms with Crippen molar-refractivity contribution in [2.75, 3.05) is 13.7 Å². The minimum Gasteiger partial charge on any atom is -0.484 e. The van der Waals surface area contributed by atoms with Crippen LogP contribution in [0.1, 0.15) is 5.56 Å². The minimum atomic E-state index is -2.85. The van der Waals surface area contributed by atoms with Crippen molar-refractivity contribution in [3.8, 4) is 11.5 Å². The molecule has 0 radical (unpaired) electrons. The molecule has 4 nitrogen and oxygen atoms in total. The van der Waals surface area contributed by atoms with E-state index in [1.165, 1.54) is 17.0 Å². The number of amides is 1. The van der Waals surface area contributed by atoms with E-state index in [2.05, 4.69) is 4.74 Å². The molecule has 2 aromatic rings. The highest BCUT2D eigenvalue weighted by molar-refractivity contribution is 5.77. The van der Waals surface area contributed by atoms with Crippen molar-refractivity contribution >= 4 is 5.91 Å². The first-order chi connectivity index (χ1) is 11.0. The van der Waals surface area contributed by atoms with Gasteiger partial charge in [-0.15, -0.1) is 0 Å². The Labute approximate surface area is 133 Å². The van der Waals surface area contributed by atoms with Crippen LogP contribution in [0.15, 0.2) is 54.6 Å². The lowest BCUT2D eigenvalue weighted by Gasteiger charge is -2.18. The lowest BCUT2D eigenvalue weighted by atomic mass is 10.2. The van der Waals surface area contributed by atoms with Crippen LogP contribution in [0.2, 0.25) is 0 Å². The minimum absolute atomic E-state index is 0.0624. The maximum atomic E-state index is 12.1. The molecule has 0 aliphatic carbocycles. The molecule has 0 bridgehead atoms. The van der Waals surface area contributed by atoms with Crippen molar-refractivity contribution < 1.29 is 23.0 Å². The average Bonchev–Trinajstić information content (AvgIpc) is 2.55. The van der Waals surface area contributed by atoms with E-state index in [4.69, 9.17) is 4.74 Å². The molecule has 0 aliphatic heterocycles. The normalized spacial score (nSPS) is 10.4. The van der Waals surface area contributed by atoms with Crippen LogP contribution in [-0.2, 0) is 11.3 Å². The third-order valence-corrected chi connectivity index (χ3v) is 3.10. The molecule has 0 atom stereocenters. The van der Waals surface area contributed by atoms with Crippen molar-refractivity contribution in [1.29, 1.82) is 0 Å². The smallest absolute Gasteiger partial charge is 0.387 e. The molecule has 23 heavy (non-hydrogen) atoms. The summed E-state index contributed by atoms with van der Waals surface area (Å²) in [6.07, 6.45) is 0. The molecule has 0 saturated heterocycles. The van der Waals surface area contributed by atoms with Gasteiger partial charge in [0.2, 0.25) is 0 Å². The Hall–Kier alpha value is -2.63. The molecule has 122 valence electrons. The van der Waals surface area contributed by atoms with Gasteiger partial charge < -0.3 is 14.4 Å². The quantitative estimate of drug-likeness (QED) is 0.785. The number of nitrogens with zero attached hydrogens (tertiary/aromatic N) is 1. The fraction of sp³-hybridized carbons (Fsp3) is 0.235. The molecule has 6 heteroatoms. The lowest BCUT2D eigenvalue weighted by molar-refractivity contribution is -0.132. The zero-order chi connectivity index (χ0) is 16.7. The number of alkyl halides is 2. The molecule has 0 fully saturated rings. The first kappa shape index (κ1) is 16.7. The fourth-order valence-corrected chi connectivity index (χ4v) is 1.91. The predicted octanol–water partition coefficient (Wildman–Crippen LogP) is 3.33. The van der Waals surface area contributed by atoms with Gasteiger partial charge in [0.25, 0.3) is 5.91 Å². The molecule has 0 N–H and O–H groups in total. The van der Waals surface area contributed by atoms with Crippen LogP contribution in [0.4, 0.5) is 8.78 Å². The number of hydrogen-bond donors (Lipinski definition) is 0. The number of carbonyl (C=O) groups is 1. The summed E-state index contributed by atoms with van der Waals surface area (Å²) >= 11 is 0. The Bertz CT molecular complexity index is 617. The number of para-hydroxylation sites is 1. The van der Waals surface area contributed by atoms with Crippen molar-refractivity contribution in [1.82, 2.24) is 4.90 Å². The number of ether oxygens (including phenoxy) is 2. The number of rotatable bonds is 7. The van der Waals surface area contributed by atoms with Crippen LogP contribution in [0.5, 0.6) is 11.5 Å². The van der Waals surface area contributed by atoms with Gasteiger partial charge in [-0.25, -0.2) is 0 Å². The lowest BCUT2D eigenvalue weighted by Crippen LogP contribution is -2.30. The zero-order valence-corrected chi connectivity index (χ0v) is 12.6. The van der Waals surface area contributed by atoms with Gasteiger partial charge in [-0.3, -0.25) is 4.79 Å². The first-order valence-electron chi connectivity index (χ1n) is 7.00. The first-order valence-corrected chi connectivity index (χ1v) is 7.00. The highest BCUT2D eigenvalue weighted by atomic mass is 19.3. The standard InChI is InChI=1S/C17H17F2NO3/c1-20(16(21)12-22-14-5-3-2-4-6-14)11-13-7-9-15(10-8-13)23-17(18)19/h2-10,17H,11-12H2,1H3. The van der Waals surface area contributed by atoms with E-state index < -0.39 is 6.61 Å². The van der Waals surface area contributed by atoms with E-state index >= 15 is 0 Å². The summed E-state index contributed by atoms with van der Waals surface area (Å²) in [5.41, 5.74) is 0.808. The molecule has 0 heterocycles. The molecule has 2 aromatic carbocycles. The Balaban J connectivity index is 1.83. The molecule has 0 aliphatic rings. The largest absolute Gasteiger partial charge is 0.484 e. The van der Waals surface area contributed by atoms with Crippen molar-refractivity contribution in [3.05, 3.63) is 60.2 Å². The van der Waals surface area contributed by atoms with Gasteiger partial charge >= 0.3 is 6.61 Å². The van der Waals surface area contributed by atoms with Crippen molar-refractivity contribution in [3.63, 3.8) is 0 Å². The topological polar surface area (TPSA) is 38.8 Å². The molecule has 1 amide bonds. The van der Waals surface area contributed by atoms with Crippen LogP contribution < -0.4 is 9.47 Å². The summed E-state index contributed by atoms with van der Waals surface area (Å²) in [6.45, 7) is -2.56. The number of carbonyl (C=O) groups excluding carboxylic acids is 1. The monoisotopic (exact) mass is 321 g/mol. The zero-order valence-electron chi connectivity index (χ0n) is 12.6. The van der Waals surface area contributed by atoms with Crippen molar-refractivity contribution in [2.45, 2.75) is 13.2 Å². The van der Waals surface area contributed by atoms with Crippen molar-refractivity contribution in [2.24, 2.45) is 0 Å². The van der Waals surface area contributed by atoms with E-state index in [1.54, 1.807) is 31.3 Å². The van der Waals surface area contributed by atoms with E-state index in [9.17, 15) is 13.6 Å². The third-order valence-electron chi connectivity index (χ3n) is 3.10. The number of benzene rings is 2. The summed E-state index contributed by atoms with van der Waals surface area (Å²) in [7, 11) is 1.65. The summed E-state index contributed by atoms with van der Waals surface area (Å²) in [5, 5.41) is 0. The van der Waals surface area contributed by atoms with Crippen LogP contribution in [0, 0.1) is 0 Å². The predicted molar refractivity (Wildman–Crippen MR) is 81.5 cm³/mol. The Morgan fingerprint density at radius 2 is 1.70 bits per heavy atom. The van der Waals surface area contributed by atoms with E-state index in [0.717, 1.165) is 5.56 Å². The molecule has 0 saturated carbocycles. The Morgan fingerprint density at radius 3 is 2.30 bits per heavy atom. The van der Waals surface area contributed by atoms with Crippen LogP contribution in [-0.4, -0.2) is 31.1 Å². The summed E-state index contributed by atoms with van der Waals surface area (Å²) in [5.74, 6) is 0.537. The molecule has 2 rings (SSSR count). The van der Waals surface area contributed by atoms with Gasteiger partial charge in [0.15, 0.2) is 6.61 Å². The Morgan fingerprint density at radius 1 is 1.04 bits per heavy atom. The summed E-state index contributed by atoms with van der Waals surface area (Å²) in [4.78, 5) is 13.5. The van der Waals surface area contributed by atoms with Crippen LogP contribution >= 0.6 is 0 Å². The van der Waals surface area contributed by atoms with Gasteiger partial charge in [0, 0.05) is 13.6 Å². The molecular formula is C17H17F2NO3. The maximum Gasteiger partial charge on any atom is 0.387 e. The molecular weight excluding hydrogens is 304 g/mol. The van der Waals surface area contributed by atoms with Crippen LogP contribution in [0.3, 0.4) is 0 Å². The van der Waals surface area contributed by atoms with Gasteiger partial charge in [0.05, 0.1) is 0 Å². The highest BCUT2D eigenvalue weighted by Crippen LogP contribution is 2.16. The second-order valence-corrected chi connectivity index (χ2v) is 4.87. The number of hydrogen-bond acceptors (Lipinski definition) is 3. The average molecular weight is 321 g/mol. The second-order valence-electron chi connectivity index (χ2n) is 4.87. The van der Waals surface area contributed by atoms with Crippen LogP contribution in [0.25, 0.3) is 0 Å². The molecule has 0 aromatic heterocycles. The van der Waals surface area contributed by atoms with E-state index in [-0.39, 0.29) is 18.3 Å². The Kier molecular flexibility index (Phi) is 5.91. The van der Waals surface area contributed by atoms with Gasteiger partial charge in [-0.05, 0) is 29.8 Å². The van der Waals surface area contributed by atoms with E-state index in [1.807, 2.05) is 18.2 Å². The van der Waals surface area contributed by atoms with Gasteiger partial charge in [-0.1, -0.05) is 30.3 Å². The third kappa shape index (κ3) is 5.58. The SMILES string of the molecule is CN(Cc1ccc(OC(F)F)cc1)C(=O)COc1ccccc1. The van der Waals surface area contributed by atoms with E-state index in [0.29, 0.717) is 12.3 Å². The molecule has 0 spiro atoms. The number of likely N-dealkylation sites (N-methyl/N-ethyl adjacent to an activating group) is 1. The van der Waals surface area contributed by atoms with Gasteiger partial charge in [0.1, 0.15) is 11.5 Å². The number of halogens is 2. The second kappa shape index (κ2) is 8.12. The summed E-state index contributed by atoms with van der Waals surface area (Å²) in [6, 6.07) is 15.2. The molecule has 0 unspecified atom stereocenters.